The molecule has 0 aliphatic heterocycles. The van der Waals surface area contributed by atoms with E-state index in [4.69, 9.17) is 25.9 Å². The van der Waals surface area contributed by atoms with E-state index in [1.54, 1.807) is 12.3 Å². The maximum Gasteiger partial charge on any atom is 0.183 e. The van der Waals surface area contributed by atoms with Gasteiger partial charge in [-0.25, -0.2) is 4.98 Å². The van der Waals surface area contributed by atoms with E-state index in [0.29, 0.717) is 29.1 Å². The van der Waals surface area contributed by atoms with Gasteiger partial charge in [-0.05, 0) is 37.3 Å². The fraction of sp³-hybridized carbons (Fsp3) is 0.235. The van der Waals surface area contributed by atoms with Crippen molar-refractivity contribution in [2.75, 3.05) is 11.9 Å². The third kappa shape index (κ3) is 3.90. The highest BCUT2D eigenvalue weighted by Crippen LogP contribution is 2.32. The molecule has 0 saturated heterocycles. The van der Waals surface area contributed by atoms with E-state index < -0.39 is 0 Å². The lowest BCUT2D eigenvalue weighted by Crippen LogP contribution is -2.02. The summed E-state index contributed by atoms with van der Waals surface area (Å²) in [7, 11) is 0. The highest BCUT2D eigenvalue weighted by molar-refractivity contribution is 7.15. The monoisotopic (exact) mass is 364 g/mol. The van der Waals surface area contributed by atoms with Gasteiger partial charge in [0.25, 0.3) is 0 Å². The molecule has 0 atom stereocenters. The topological polar surface area (TPSA) is 67.5 Å². The van der Waals surface area contributed by atoms with Crippen LogP contribution in [0.3, 0.4) is 0 Å². The van der Waals surface area contributed by atoms with E-state index in [0.717, 1.165) is 21.9 Å². The van der Waals surface area contributed by atoms with Crippen molar-refractivity contribution in [1.29, 1.82) is 0 Å². The summed E-state index contributed by atoms with van der Waals surface area (Å²) in [6.07, 6.45) is 1.75. The van der Waals surface area contributed by atoms with Gasteiger partial charge in [0.2, 0.25) is 0 Å². The first-order chi connectivity index (χ1) is 11.7. The average molecular weight is 365 g/mol. The maximum atomic E-state index is 9.14. The zero-order valence-electron chi connectivity index (χ0n) is 13.1. The molecule has 1 aromatic carbocycles. The first kappa shape index (κ1) is 16.8. The molecule has 0 amide bonds. The summed E-state index contributed by atoms with van der Waals surface area (Å²) in [4.78, 5) is 5.07. The SMILES string of the molecule is CCOc1ccc(-c2ccc(CO)o2)cc1NCc1cnc(Cl)s1. The highest BCUT2D eigenvalue weighted by Gasteiger charge is 2.10. The number of thiazole rings is 1. The van der Waals surface area contributed by atoms with Crippen LogP contribution in [0.4, 0.5) is 5.69 Å². The molecule has 2 N–H and O–H groups in total. The van der Waals surface area contributed by atoms with Crippen molar-refractivity contribution in [3.8, 4) is 17.1 Å². The van der Waals surface area contributed by atoms with Gasteiger partial charge in [0.1, 0.15) is 23.9 Å². The predicted octanol–water partition coefficient (Wildman–Crippen LogP) is 4.56. The number of rotatable bonds is 7. The molecule has 5 nitrogen and oxygen atoms in total. The first-order valence-electron chi connectivity index (χ1n) is 7.50. The van der Waals surface area contributed by atoms with Crippen LogP contribution in [-0.4, -0.2) is 16.7 Å². The molecule has 2 heterocycles. The van der Waals surface area contributed by atoms with E-state index in [9.17, 15) is 0 Å². The van der Waals surface area contributed by atoms with Crippen LogP contribution in [0, 0.1) is 0 Å². The summed E-state index contributed by atoms with van der Waals surface area (Å²) in [6, 6.07) is 9.40. The summed E-state index contributed by atoms with van der Waals surface area (Å²) in [5.74, 6) is 2.00. The van der Waals surface area contributed by atoms with E-state index in [-0.39, 0.29) is 6.61 Å². The van der Waals surface area contributed by atoms with Gasteiger partial charge < -0.3 is 19.6 Å². The number of anilines is 1. The summed E-state index contributed by atoms with van der Waals surface area (Å²) >= 11 is 7.30. The summed E-state index contributed by atoms with van der Waals surface area (Å²) in [5, 5.41) is 12.5. The van der Waals surface area contributed by atoms with Crippen LogP contribution >= 0.6 is 22.9 Å². The van der Waals surface area contributed by atoms with E-state index in [1.807, 2.05) is 31.2 Å². The number of aromatic nitrogens is 1. The third-order valence-electron chi connectivity index (χ3n) is 3.36. The Bertz CT molecular complexity index is 816. The number of halogens is 1. The Kier molecular flexibility index (Phi) is 5.40. The summed E-state index contributed by atoms with van der Waals surface area (Å²) in [5.41, 5.74) is 1.77. The molecule has 0 unspecified atom stereocenters. The Labute approximate surface area is 148 Å². The van der Waals surface area contributed by atoms with E-state index in [1.165, 1.54) is 11.3 Å². The van der Waals surface area contributed by atoms with E-state index in [2.05, 4.69) is 10.3 Å². The number of aliphatic hydroxyl groups is 1. The molecule has 126 valence electrons. The molecule has 0 radical (unpaired) electrons. The quantitative estimate of drug-likeness (QED) is 0.643. The second-order valence-electron chi connectivity index (χ2n) is 5.00. The lowest BCUT2D eigenvalue weighted by atomic mass is 10.1. The molecule has 0 saturated carbocycles. The average Bonchev–Trinajstić information content (AvgIpc) is 3.23. The lowest BCUT2D eigenvalue weighted by molar-refractivity contribution is 0.248. The second-order valence-corrected chi connectivity index (χ2v) is 6.70. The number of aliphatic hydroxyl groups excluding tert-OH is 1. The van der Waals surface area contributed by atoms with Gasteiger partial charge >= 0.3 is 0 Å². The van der Waals surface area contributed by atoms with Gasteiger partial charge in [-0.2, -0.15) is 0 Å². The molecule has 0 bridgehead atoms. The van der Waals surface area contributed by atoms with Crippen LogP contribution in [-0.2, 0) is 13.2 Å². The molecule has 3 aromatic rings. The zero-order chi connectivity index (χ0) is 16.9. The van der Waals surface area contributed by atoms with Crippen molar-refractivity contribution in [2.45, 2.75) is 20.1 Å². The van der Waals surface area contributed by atoms with Crippen LogP contribution in [0.15, 0.2) is 40.9 Å². The van der Waals surface area contributed by atoms with Gasteiger partial charge in [-0.15, -0.1) is 11.3 Å². The van der Waals surface area contributed by atoms with Crippen molar-refractivity contribution >= 4 is 28.6 Å². The van der Waals surface area contributed by atoms with Gasteiger partial charge in [-0.1, -0.05) is 11.6 Å². The minimum Gasteiger partial charge on any atom is -0.492 e. The van der Waals surface area contributed by atoms with Crippen LogP contribution in [0.1, 0.15) is 17.6 Å². The largest absolute Gasteiger partial charge is 0.492 e. The van der Waals surface area contributed by atoms with Gasteiger partial charge in [0.05, 0.1) is 18.8 Å². The number of hydrogen-bond acceptors (Lipinski definition) is 6. The number of nitrogens with zero attached hydrogens (tertiary/aromatic N) is 1. The predicted molar refractivity (Wildman–Crippen MR) is 95.7 cm³/mol. The fourth-order valence-electron chi connectivity index (χ4n) is 2.27. The van der Waals surface area contributed by atoms with Crippen LogP contribution in [0.5, 0.6) is 5.75 Å². The zero-order valence-corrected chi connectivity index (χ0v) is 14.7. The Balaban J connectivity index is 1.84. The number of benzene rings is 1. The first-order valence-corrected chi connectivity index (χ1v) is 8.70. The van der Waals surface area contributed by atoms with Crippen LogP contribution in [0.2, 0.25) is 4.47 Å². The molecule has 7 heteroatoms. The Hall–Kier alpha value is -2.02. The molecular formula is C17H17ClN2O3S. The minimum atomic E-state index is -0.117. The number of furan rings is 1. The third-order valence-corrected chi connectivity index (χ3v) is 4.47. The highest BCUT2D eigenvalue weighted by atomic mass is 35.5. The van der Waals surface area contributed by atoms with Crippen molar-refractivity contribution in [3.05, 3.63) is 51.6 Å². The van der Waals surface area contributed by atoms with Gasteiger partial charge in [0.15, 0.2) is 4.47 Å². The van der Waals surface area contributed by atoms with Crippen molar-refractivity contribution in [3.63, 3.8) is 0 Å². The van der Waals surface area contributed by atoms with Crippen molar-refractivity contribution < 1.29 is 14.3 Å². The lowest BCUT2D eigenvalue weighted by Gasteiger charge is -2.13. The normalized spacial score (nSPS) is 10.8. The second kappa shape index (κ2) is 7.70. The number of ether oxygens (including phenoxy) is 1. The summed E-state index contributed by atoms with van der Waals surface area (Å²) < 4.78 is 11.8. The van der Waals surface area contributed by atoms with Crippen LogP contribution in [0.25, 0.3) is 11.3 Å². The van der Waals surface area contributed by atoms with E-state index >= 15 is 0 Å². The minimum absolute atomic E-state index is 0.117. The molecule has 0 spiro atoms. The smallest absolute Gasteiger partial charge is 0.183 e. The fourth-order valence-corrected chi connectivity index (χ4v) is 3.19. The standard InChI is InChI=1S/C17H17ClN2O3S/c1-2-22-16-5-3-11(15-6-4-12(10-21)23-15)7-14(16)19-8-13-9-20-17(18)24-13/h3-7,9,19,21H,2,8,10H2,1H3. The molecule has 3 rings (SSSR count). The molecular weight excluding hydrogens is 348 g/mol. The molecule has 0 fully saturated rings. The van der Waals surface area contributed by atoms with Crippen LogP contribution < -0.4 is 10.1 Å². The van der Waals surface area contributed by atoms with Crippen molar-refractivity contribution in [1.82, 2.24) is 4.98 Å². The Morgan fingerprint density at radius 3 is 2.88 bits per heavy atom. The van der Waals surface area contributed by atoms with Crippen molar-refractivity contribution in [2.24, 2.45) is 0 Å². The summed E-state index contributed by atoms with van der Waals surface area (Å²) in [6.45, 7) is 3.01. The Morgan fingerprint density at radius 1 is 1.33 bits per heavy atom. The molecule has 24 heavy (non-hydrogen) atoms. The number of nitrogens with one attached hydrogen (secondary N) is 1. The number of hydrogen-bond donors (Lipinski definition) is 2. The Morgan fingerprint density at radius 2 is 2.21 bits per heavy atom. The molecule has 0 aliphatic carbocycles. The van der Waals surface area contributed by atoms with Gasteiger partial charge in [0, 0.05) is 16.6 Å². The molecule has 0 aliphatic rings. The van der Waals surface area contributed by atoms with Gasteiger partial charge in [-0.3, -0.25) is 0 Å². The molecule has 2 aromatic heterocycles. The maximum absolute atomic E-state index is 9.14.